The largest absolute Gasteiger partial charge is 0.494 e. The number of hydrogen-bond donors (Lipinski definition) is 0. The minimum atomic E-state index is -0.431. The first-order valence-corrected chi connectivity index (χ1v) is 10.6. The van der Waals surface area contributed by atoms with Crippen molar-refractivity contribution in [3.8, 4) is 11.5 Å². The molecule has 0 heterocycles. The molecule has 3 aromatic carbocycles. The third-order valence-electron chi connectivity index (χ3n) is 4.95. The van der Waals surface area contributed by atoms with Crippen LogP contribution in [-0.2, 0) is 5.41 Å². The summed E-state index contributed by atoms with van der Waals surface area (Å²) in [6.07, 6.45) is 3.28. The number of carbonyl (C=O) groups excluding carboxylic acids is 2. The Morgan fingerprint density at radius 1 is 0.781 bits per heavy atom. The van der Waals surface area contributed by atoms with E-state index in [1.54, 1.807) is 42.5 Å². The first-order valence-electron chi connectivity index (χ1n) is 10.6. The van der Waals surface area contributed by atoms with E-state index in [4.69, 9.17) is 9.47 Å². The van der Waals surface area contributed by atoms with Gasteiger partial charge in [0.1, 0.15) is 11.5 Å². The van der Waals surface area contributed by atoms with E-state index in [1.165, 1.54) is 6.08 Å². The number of allylic oxidation sites excluding steroid dienone is 1. The van der Waals surface area contributed by atoms with Crippen molar-refractivity contribution >= 4 is 17.8 Å². The molecule has 0 amide bonds. The van der Waals surface area contributed by atoms with Gasteiger partial charge in [-0.15, -0.1) is 0 Å². The van der Waals surface area contributed by atoms with Crippen LogP contribution >= 0.6 is 0 Å². The van der Waals surface area contributed by atoms with Crippen LogP contribution in [0.4, 0.5) is 0 Å². The number of esters is 1. The highest BCUT2D eigenvalue weighted by Gasteiger charge is 2.15. The monoisotopic (exact) mass is 428 g/mol. The third kappa shape index (κ3) is 6.17. The standard InChI is InChI=1S/C28H28O4/c1-5-31-24-15-6-20(7-16-24)8-19-26(29)21-11-17-25(18-12-21)32-27(30)22-9-13-23(14-10-22)28(2,3)4/h6-19H,5H2,1-4H3/b19-8+. The SMILES string of the molecule is CCOc1ccc(/C=C/C(=O)c2ccc(OC(=O)c3ccc(C(C)(C)C)cc3)cc2)cc1. The zero-order valence-electron chi connectivity index (χ0n) is 18.9. The van der Waals surface area contributed by atoms with Gasteiger partial charge in [0.15, 0.2) is 5.78 Å². The molecule has 32 heavy (non-hydrogen) atoms. The molecule has 4 nitrogen and oxygen atoms in total. The predicted molar refractivity (Wildman–Crippen MR) is 128 cm³/mol. The number of ketones is 1. The van der Waals surface area contributed by atoms with Crippen molar-refractivity contribution in [2.75, 3.05) is 6.61 Å². The molecular formula is C28H28O4. The summed E-state index contributed by atoms with van der Waals surface area (Å²) < 4.78 is 10.9. The summed E-state index contributed by atoms with van der Waals surface area (Å²) in [5, 5.41) is 0. The molecule has 3 rings (SSSR count). The smallest absolute Gasteiger partial charge is 0.343 e. The van der Waals surface area contributed by atoms with Crippen molar-refractivity contribution < 1.29 is 19.1 Å². The molecule has 164 valence electrons. The highest BCUT2D eigenvalue weighted by molar-refractivity contribution is 6.06. The van der Waals surface area contributed by atoms with Crippen molar-refractivity contribution in [3.63, 3.8) is 0 Å². The molecule has 0 bridgehead atoms. The second-order valence-electron chi connectivity index (χ2n) is 8.44. The maximum atomic E-state index is 12.4. The zero-order chi connectivity index (χ0) is 23.1. The van der Waals surface area contributed by atoms with E-state index < -0.39 is 5.97 Å². The minimum absolute atomic E-state index is 0.0200. The average Bonchev–Trinajstić information content (AvgIpc) is 2.78. The summed E-state index contributed by atoms with van der Waals surface area (Å²) in [7, 11) is 0. The second kappa shape index (κ2) is 10.1. The van der Waals surface area contributed by atoms with Crippen LogP contribution in [0.1, 0.15) is 59.5 Å². The summed E-state index contributed by atoms with van der Waals surface area (Å²) in [5.41, 5.74) is 3.07. The van der Waals surface area contributed by atoms with E-state index in [9.17, 15) is 9.59 Å². The molecule has 0 fully saturated rings. The van der Waals surface area contributed by atoms with E-state index >= 15 is 0 Å². The summed E-state index contributed by atoms with van der Waals surface area (Å²) in [4.78, 5) is 24.8. The molecule has 0 spiro atoms. The fourth-order valence-electron chi connectivity index (χ4n) is 3.07. The molecule has 0 radical (unpaired) electrons. The molecule has 3 aromatic rings. The molecule has 0 saturated heterocycles. The van der Waals surface area contributed by atoms with E-state index in [0.29, 0.717) is 23.5 Å². The summed E-state index contributed by atoms with van der Waals surface area (Å²) in [6.45, 7) is 8.91. The van der Waals surface area contributed by atoms with Crippen LogP contribution in [0.25, 0.3) is 6.08 Å². The Hall–Kier alpha value is -3.66. The molecular weight excluding hydrogens is 400 g/mol. The van der Waals surface area contributed by atoms with Gasteiger partial charge in [0.2, 0.25) is 0 Å². The molecule has 0 aromatic heterocycles. The number of carbonyl (C=O) groups is 2. The number of benzene rings is 3. The van der Waals surface area contributed by atoms with Crippen molar-refractivity contribution in [3.05, 3.63) is 101 Å². The van der Waals surface area contributed by atoms with Gasteiger partial charge in [-0.25, -0.2) is 4.79 Å². The Morgan fingerprint density at radius 3 is 1.91 bits per heavy atom. The number of hydrogen-bond acceptors (Lipinski definition) is 4. The van der Waals surface area contributed by atoms with Crippen molar-refractivity contribution in [1.29, 1.82) is 0 Å². The van der Waals surface area contributed by atoms with E-state index in [1.807, 2.05) is 43.3 Å². The van der Waals surface area contributed by atoms with Gasteiger partial charge in [0.05, 0.1) is 12.2 Å². The maximum Gasteiger partial charge on any atom is 0.343 e. The van der Waals surface area contributed by atoms with Crippen LogP contribution in [0.2, 0.25) is 0 Å². The molecule has 0 aliphatic heterocycles. The van der Waals surface area contributed by atoms with Gasteiger partial charge in [-0.3, -0.25) is 4.79 Å². The lowest BCUT2D eigenvalue weighted by atomic mass is 9.87. The summed E-state index contributed by atoms with van der Waals surface area (Å²) in [5.74, 6) is 0.627. The first-order chi connectivity index (χ1) is 15.3. The van der Waals surface area contributed by atoms with Crippen LogP contribution < -0.4 is 9.47 Å². The van der Waals surface area contributed by atoms with Gasteiger partial charge in [0, 0.05) is 5.56 Å². The van der Waals surface area contributed by atoms with Crippen LogP contribution in [0.5, 0.6) is 11.5 Å². The Kier molecular flexibility index (Phi) is 7.26. The topological polar surface area (TPSA) is 52.6 Å². The van der Waals surface area contributed by atoms with E-state index in [2.05, 4.69) is 20.8 Å². The van der Waals surface area contributed by atoms with Crippen LogP contribution in [0.15, 0.2) is 78.9 Å². The molecule has 0 N–H and O–H groups in total. The van der Waals surface area contributed by atoms with Gasteiger partial charge in [-0.05, 0) is 78.1 Å². The Labute approximate surface area is 189 Å². The first kappa shape index (κ1) is 23.0. The summed E-state index contributed by atoms with van der Waals surface area (Å²) in [6, 6.07) is 21.5. The van der Waals surface area contributed by atoms with Gasteiger partial charge < -0.3 is 9.47 Å². The van der Waals surface area contributed by atoms with Crippen LogP contribution in [0, 0.1) is 0 Å². The van der Waals surface area contributed by atoms with Crippen molar-refractivity contribution in [1.82, 2.24) is 0 Å². The predicted octanol–water partition coefficient (Wildman–Crippen LogP) is 6.50. The molecule has 0 saturated carbocycles. The molecule has 0 aliphatic carbocycles. The van der Waals surface area contributed by atoms with E-state index in [-0.39, 0.29) is 11.2 Å². The Morgan fingerprint density at radius 2 is 1.34 bits per heavy atom. The van der Waals surface area contributed by atoms with Gasteiger partial charge in [-0.2, -0.15) is 0 Å². The molecule has 0 unspecified atom stereocenters. The summed E-state index contributed by atoms with van der Waals surface area (Å²) >= 11 is 0. The minimum Gasteiger partial charge on any atom is -0.494 e. The zero-order valence-corrected chi connectivity index (χ0v) is 18.9. The lowest BCUT2D eigenvalue weighted by Crippen LogP contribution is -2.13. The quantitative estimate of drug-likeness (QED) is 0.187. The fraction of sp³-hybridized carbons (Fsp3) is 0.214. The molecule has 4 heteroatoms. The second-order valence-corrected chi connectivity index (χ2v) is 8.44. The van der Waals surface area contributed by atoms with E-state index in [0.717, 1.165) is 16.9 Å². The number of ether oxygens (including phenoxy) is 2. The molecule has 0 aliphatic rings. The lowest BCUT2D eigenvalue weighted by Gasteiger charge is -2.18. The average molecular weight is 429 g/mol. The highest BCUT2D eigenvalue weighted by atomic mass is 16.5. The van der Waals surface area contributed by atoms with Gasteiger partial charge in [-0.1, -0.05) is 51.1 Å². The lowest BCUT2D eigenvalue weighted by molar-refractivity contribution is 0.0734. The number of rotatable bonds is 7. The van der Waals surface area contributed by atoms with Crippen LogP contribution in [0.3, 0.4) is 0 Å². The van der Waals surface area contributed by atoms with Crippen molar-refractivity contribution in [2.24, 2.45) is 0 Å². The maximum absolute atomic E-state index is 12.4. The Bertz CT molecular complexity index is 1080. The van der Waals surface area contributed by atoms with Crippen molar-refractivity contribution in [2.45, 2.75) is 33.1 Å². The highest BCUT2D eigenvalue weighted by Crippen LogP contribution is 2.23. The fourth-order valence-corrected chi connectivity index (χ4v) is 3.07. The normalized spacial score (nSPS) is 11.4. The molecule has 0 atom stereocenters. The Balaban J connectivity index is 1.60. The van der Waals surface area contributed by atoms with Gasteiger partial charge >= 0.3 is 5.97 Å². The van der Waals surface area contributed by atoms with Gasteiger partial charge in [0.25, 0.3) is 0 Å². The third-order valence-corrected chi connectivity index (χ3v) is 4.95. The van der Waals surface area contributed by atoms with Crippen LogP contribution in [-0.4, -0.2) is 18.4 Å².